The van der Waals surface area contributed by atoms with Crippen LogP contribution in [0.2, 0.25) is 5.02 Å². The fourth-order valence-corrected chi connectivity index (χ4v) is 3.39. The maximum atomic E-state index is 12.5. The van der Waals surface area contributed by atoms with Gasteiger partial charge in [0, 0.05) is 6.54 Å². The fraction of sp³-hybridized carbons (Fsp3) is 0.176. The molecule has 27 heavy (non-hydrogen) atoms. The van der Waals surface area contributed by atoms with Crippen molar-refractivity contribution in [3.05, 3.63) is 45.4 Å². The normalized spacial score (nSPS) is 15.6. The summed E-state index contributed by atoms with van der Waals surface area (Å²) in [6, 6.07) is 3.09. The Morgan fingerprint density at radius 3 is 2.74 bits per heavy atom. The number of nitrogens with zero attached hydrogens (tertiary/aromatic N) is 1. The molecular formula is C17H14BrClN2O5S. The van der Waals surface area contributed by atoms with Crippen molar-refractivity contribution < 1.29 is 23.9 Å². The highest BCUT2D eigenvalue weighted by atomic mass is 79.9. The molecule has 0 aliphatic carbocycles. The maximum Gasteiger partial charge on any atom is 0.343 e. The quantitative estimate of drug-likeness (QED) is 0.225. The number of halogens is 2. The molecule has 142 valence electrons. The minimum atomic E-state index is -0.608. The zero-order valence-electron chi connectivity index (χ0n) is 14.1. The number of ether oxygens (including phenoxy) is 2. The monoisotopic (exact) mass is 472 g/mol. The predicted molar refractivity (Wildman–Crippen MR) is 107 cm³/mol. The first-order chi connectivity index (χ1) is 12.8. The van der Waals surface area contributed by atoms with Gasteiger partial charge < -0.3 is 9.47 Å². The Kier molecular flexibility index (Phi) is 7.11. The first kappa shape index (κ1) is 21.1. The molecule has 1 aliphatic rings. The first-order valence-corrected chi connectivity index (χ1v) is 9.04. The van der Waals surface area contributed by atoms with Crippen LogP contribution in [0.4, 0.5) is 0 Å². The van der Waals surface area contributed by atoms with E-state index in [1.54, 1.807) is 6.07 Å². The molecule has 1 aromatic carbocycles. The van der Waals surface area contributed by atoms with Crippen LogP contribution in [-0.4, -0.2) is 48.1 Å². The molecule has 0 radical (unpaired) electrons. The lowest BCUT2D eigenvalue weighted by Crippen LogP contribution is -2.53. The molecule has 2 amide bonds. The van der Waals surface area contributed by atoms with Crippen molar-refractivity contribution in [2.75, 3.05) is 20.3 Å². The Bertz CT molecular complexity index is 848. The molecule has 0 atom stereocenters. The van der Waals surface area contributed by atoms with Crippen molar-refractivity contribution in [1.82, 2.24) is 10.2 Å². The number of rotatable bonds is 6. The van der Waals surface area contributed by atoms with E-state index in [2.05, 4.69) is 32.6 Å². The first-order valence-electron chi connectivity index (χ1n) is 7.47. The van der Waals surface area contributed by atoms with Gasteiger partial charge in [0.25, 0.3) is 11.8 Å². The van der Waals surface area contributed by atoms with Gasteiger partial charge >= 0.3 is 5.97 Å². The van der Waals surface area contributed by atoms with Crippen LogP contribution >= 0.6 is 39.7 Å². The van der Waals surface area contributed by atoms with E-state index >= 15 is 0 Å². The van der Waals surface area contributed by atoms with E-state index in [0.29, 0.717) is 10.0 Å². The lowest BCUT2D eigenvalue weighted by Gasteiger charge is -2.27. The Morgan fingerprint density at radius 2 is 2.15 bits per heavy atom. The molecule has 0 bridgehead atoms. The molecule has 7 nitrogen and oxygen atoms in total. The van der Waals surface area contributed by atoms with Gasteiger partial charge in [-0.1, -0.05) is 17.7 Å². The van der Waals surface area contributed by atoms with E-state index in [-0.39, 0.29) is 34.6 Å². The largest absolute Gasteiger partial charge is 0.479 e. The van der Waals surface area contributed by atoms with Gasteiger partial charge in [-0.2, -0.15) is 0 Å². The highest BCUT2D eigenvalue weighted by molar-refractivity contribution is 9.10. The minimum Gasteiger partial charge on any atom is -0.479 e. The second kappa shape index (κ2) is 9.12. The summed E-state index contributed by atoms with van der Waals surface area (Å²) in [6.07, 6.45) is 2.89. The lowest BCUT2D eigenvalue weighted by molar-refractivity contribution is -0.143. The van der Waals surface area contributed by atoms with Crippen molar-refractivity contribution in [3.8, 4) is 5.75 Å². The number of methoxy groups -OCH3 is 1. The fourth-order valence-electron chi connectivity index (χ4n) is 2.15. The Labute approximate surface area is 174 Å². The van der Waals surface area contributed by atoms with Crippen LogP contribution < -0.4 is 10.1 Å². The van der Waals surface area contributed by atoms with Gasteiger partial charge in [0.15, 0.2) is 17.5 Å². The number of carbonyl (C=O) groups excluding carboxylic acids is 3. The summed E-state index contributed by atoms with van der Waals surface area (Å²) < 4.78 is 10.3. The number of nitrogens with one attached hydrogen (secondary N) is 1. The summed E-state index contributed by atoms with van der Waals surface area (Å²) in [5.41, 5.74) is 0.374. The van der Waals surface area contributed by atoms with Crippen LogP contribution in [0, 0.1) is 0 Å². The highest BCUT2D eigenvalue weighted by Crippen LogP contribution is 2.35. The maximum absolute atomic E-state index is 12.5. The molecule has 10 heteroatoms. The van der Waals surface area contributed by atoms with Gasteiger partial charge in [-0.25, -0.2) is 4.79 Å². The van der Waals surface area contributed by atoms with E-state index in [1.807, 2.05) is 0 Å². The SMILES string of the molecule is C=CCN1C(=O)/C(=C/c2cc(Cl)c(OCC(=O)OC)c(Br)c2)C(=O)NC1=S. The lowest BCUT2D eigenvalue weighted by atomic mass is 10.1. The molecule has 1 heterocycles. The third-order valence-corrected chi connectivity index (χ3v) is 4.58. The number of carbonyl (C=O) groups is 3. The van der Waals surface area contributed by atoms with Crippen molar-refractivity contribution in [1.29, 1.82) is 0 Å². The summed E-state index contributed by atoms with van der Waals surface area (Å²) in [7, 11) is 1.24. The number of hydrogen-bond acceptors (Lipinski definition) is 6. The van der Waals surface area contributed by atoms with Crippen molar-refractivity contribution in [2.45, 2.75) is 0 Å². The summed E-state index contributed by atoms with van der Waals surface area (Å²) in [5, 5.41) is 2.66. The summed E-state index contributed by atoms with van der Waals surface area (Å²) in [4.78, 5) is 37.1. The smallest absolute Gasteiger partial charge is 0.343 e. The Morgan fingerprint density at radius 1 is 1.44 bits per heavy atom. The van der Waals surface area contributed by atoms with Crippen LogP contribution in [0.25, 0.3) is 6.08 Å². The third kappa shape index (κ3) is 4.94. The second-order valence-electron chi connectivity index (χ2n) is 5.20. The molecule has 0 spiro atoms. The summed E-state index contributed by atoms with van der Waals surface area (Å²) in [5.74, 6) is -1.48. The van der Waals surface area contributed by atoms with Gasteiger partial charge in [0.2, 0.25) is 0 Å². The van der Waals surface area contributed by atoms with Crippen molar-refractivity contribution in [3.63, 3.8) is 0 Å². The molecule has 1 saturated heterocycles. The second-order valence-corrected chi connectivity index (χ2v) is 6.85. The molecule has 1 aromatic rings. The highest BCUT2D eigenvalue weighted by Gasteiger charge is 2.32. The van der Waals surface area contributed by atoms with E-state index in [9.17, 15) is 14.4 Å². The van der Waals surface area contributed by atoms with E-state index < -0.39 is 17.8 Å². The van der Waals surface area contributed by atoms with E-state index in [1.165, 1.54) is 30.2 Å². The molecule has 0 aromatic heterocycles. The number of esters is 1. The van der Waals surface area contributed by atoms with Crippen LogP contribution in [-0.2, 0) is 19.1 Å². The van der Waals surface area contributed by atoms with Gasteiger partial charge in [-0.15, -0.1) is 6.58 Å². The molecule has 0 unspecified atom stereocenters. The van der Waals surface area contributed by atoms with Gasteiger partial charge in [-0.3, -0.25) is 19.8 Å². The topological polar surface area (TPSA) is 84.9 Å². The molecule has 2 rings (SSSR count). The van der Waals surface area contributed by atoms with E-state index in [0.717, 1.165) is 0 Å². The number of amides is 2. The van der Waals surface area contributed by atoms with Crippen LogP contribution in [0.5, 0.6) is 5.75 Å². The molecule has 1 N–H and O–H groups in total. The summed E-state index contributed by atoms with van der Waals surface area (Å²) >= 11 is 14.5. The summed E-state index contributed by atoms with van der Waals surface area (Å²) in [6.45, 7) is 3.42. The van der Waals surface area contributed by atoms with Gasteiger partial charge in [0.05, 0.1) is 16.6 Å². The van der Waals surface area contributed by atoms with Crippen LogP contribution in [0.1, 0.15) is 5.56 Å². The standard InChI is InChI=1S/C17H14BrClN2O5S/c1-3-4-21-16(24)10(15(23)20-17(21)27)5-9-6-11(18)14(12(19)7-9)26-8-13(22)25-2/h3,5-7H,1,4,8H2,2H3,(H,20,23,27)/b10-5+. The van der Waals surface area contributed by atoms with Gasteiger partial charge in [0.1, 0.15) is 5.57 Å². The zero-order chi connectivity index (χ0) is 20.1. The Hall–Kier alpha value is -2.23. The third-order valence-electron chi connectivity index (χ3n) is 3.39. The van der Waals surface area contributed by atoms with Crippen molar-refractivity contribution >= 4 is 68.7 Å². The molecule has 1 fully saturated rings. The van der Waals surface area contributed by atoms with Crippen LogP contribution in [0.3, 0.4) is 0 Å². The molecule has 1 aliphatic heterocycles. The number of hydrogen-bond donors (Lipinski definition) is 1. The van der Waals surface area contributed by atoms with Crippen LogP contribution in [0.15, 0.2) is 34.8 Å². The minimum absolute atomic E-state index is 0.0211. The Balaban J connectivity index is 2.33. The number of thiocarbonyl (C=S) groups is 1. The predicted octanol–water partition coefficient (Wildman–Crippen LogP) is 2.47. The van der Waals surface area contributed by atoms with E-state index in [4.69, 9.17) is 28.6 Å². The average Bonchev–Trinajstić information content (AvgIpc) is 2.61. The number of benzene rings is 1. The zero-order valence-corrected chi connectivity index (χ0v) is 17.2. The average molecular weight is 474 g/mol. The molecular weight excluding hydrogens is 460 g/mol. The molecule has 0 saturated carbocycles. The van der Waals surface area contributed by atoms with Crippen molar-refractivity contribution in [2.24, 2.45) is 0 Å². The van der Waals surface area contributed by atoms with Gasteiger partial charge in [-0.05, 0) is 51.9 Å².